The number of rotatable bonds is 10. The van der Waals surface area contributed by atoms with Crippen LogP contribution in [0.4, 0.5) is 0 Å². The number of carbonyl (C=O) groups excluding carboxylic acids is 1. The average Bonchev–Trinajstić information content (AvgIpc) is 2.57. The van der Waals surface area contributed by atoms with Crippen LogP contribution in [0, 0.1) is 11.8 Å². The maximum atomic E-state index is 12.3. The first-order chi connectivity index (χ1) is 11.4. The van der Waals surface area contributed by atoms with Gasteiger partial charge in [-0.25, -0.2) is 4.79 Å². The molecule has 136 valence electrons. The molecule has 1 aromatic rings. The van der Waals surface area contributed by atoms with Gasteiger partial charge < -0.3 is 14.4 Å². The molecule has 1 rings (SSSR count). The lowest BCUT2D eigenvalue weighted by Crippen LogP contribution is -3.12. The molecule has 0 saturated carbocycles. The van der Waals surface area contributed by atoms with E-state index in [1.54, 1.807) is 12.1 Å². The highest BCUT2D eigenvalue weighted by Crippen LogP contribution is 2.15. The van der Waals surface area contributed by atoms with Gasteiger partial charge in [-0.3, -0.25) is 0 Å². The van der Waals surface area contributed by atoms with Gasteiger partial charge in [0.05, 0.1) is 31.8 Å². The summed E-state index contributed by atoms with van der Waals surface area (Å²) in [5, 5.41) is 0. The molecule has 0 unspecified atom stereocenters. The van der Waals surface area contributed by atoms with E-state index in [2.05, 4.69) is 34.6 Å². The first kappa shape index (κ1) is 20.5. The maximum absolute atomic E-state index is 12.3. The van der Waals surface area contributed by atoms with Gasteiger partial charge in [0.2, 0.25) is 0 Å². The molecule has 4 heteroatoms. The molecule has 1 N–H and O–H groups in total. The third-order valence-corrected chi connectivity index (χ3v) is 4.38. The van der Waals surface area contributed by atoms with Gasteiger partial charge in [-0.15, -0.1) is 0 Å². The third kappa shape index (κ3) is 6.91. The predicted octanol–water partition coefficient (Wildman–Crippen LogP) is 2.83. The molecule has 0 radical (unpaired) electrons. The van der Waals surface area contributed by atoms with Crippen LogP contribution in [0.25, 0.3) is 0 Å². The van der Waals surface area contributed by atoms with Crippen molar-refractivity contribution < 1.29 is 19.2 Å². The van der Waals surface area contributed by atoms with E-state index in [0.717, 1.165) is 25.4 Å². The Labute approximate surface area is 147 Å². The zero-order valence-electron chi connectivity index (χ0n) is 16.1. The molecule has 0 aliphatic heterocycles. The molecular weight excluding hydrogens is 302 g/mol. The number of hydrogen-bond acceptors (Lipinski definition) is 3. The lowest BCUT2D eigenvalue weighted by Gasteiger charge is -2.24. The van der Waals surface area contributed by atoms with E-state index in [4.69, 9.17) is 9.47 Å². The summed E-state index contributed by atoms with van der Waals surface area (Å²) in [6, 6.07) is 7.19. The topological polar surface area (TPSA) is 40.0 Å². The van der Waals surface area contributed by atoms with Gasteiger partial charge in [0, 0.05) is 5.92 Å². The van der Waals surface area contributed by atoms with Crippen LogP contribution in [0.1, 0.15) is 51.9 Å². The molecule has 0 bridgehead atoms. The van der Waals surface area contributed by atoms with Crippen molar-refractivity contribution in [2.75, 3.05) is 26.2 Å². The Bertz CT molecular complexity index is 480. The minimum absolute atomic E-state index is 0.0949. The van der Waals surface area contributed by atoms with Crippen LogP contribution in [-0.4, -0.2) is 38.3 Å². The van der Waals surface area contributed by atoms with Gasteiger partial charge in [0.1, 0.15) is 11.9 Å². The van der Waals surface area contributed by atoms with Gasteiger partial charge >= 0.3 is 5.97 Å². The normalized spacial score (nSPS) is 13.8. The Hall–Kier alpha value is -1.55. The molecule has 2 atom stereocenters. The van der Waals surface area contributed by atoms with Crippen molar-refractivity contribution in [1.82, 2.24) is 0 Å². The van der Waals surface area contributed by atoms with Crippen molar-refractivity contribution in [3.63, 3.8) is 0 Å². The van der Waals surface area contributed by atoms with Gasteiger partial charge in [-0.05, 0) is 51.0 Å². The lowest BCUT2D eigenvalue weighted by molar-refractivity contribution is -0.900. The second-order valence-electron chi connectivity index (χ2n) is 6.98. The van der Waals surface area contributed by atoms with Crippen LogP contribution in [0.2, 0.25) is 0 Å². The summed E-state index contributed by atoms with van der Waals surface area (Å²) in [6.45, 7) is 16.6. The van der Waals surface area contributed by atoms with Crippen molar-refractivity contribution in [2.24, 2.45) is 11.8 Å². The van der Waals surface area contributed by atoms with E-state index in [1.807, 2.05) is 19.1 Å². The monoisotopic (exact) mass is 336 g/mol. The molecule has 0 saturated heterocycles. The molecule has 0 aromatic heterocycles. The fraction of sp³-hybridized carbons (Fsp3) is 0.650. The highest BCUT2D eigenvalue weighted by molar-refractivity contribution is 5.89. The first-order valence-corrected chi connectivity index (χ1v) is 9.14. The minimum atomic E-state index is -0.265. The van der Waals surface area contributed by atoms with Gasteiger partial charge in [-0.1, -0.05) is 20.8 Å². The zero-order chi connectivity index (χ0) is 18.1. The van der Waals surface area contributed by atoms with Crippen molar-refractivity contribution >= 4 is 5.97 Å². The van der Waals surface area contributed by atoms with Crippen molar-refractivity contribution in [3.8, 4) is 5.75 Å². The number of hydrogen-bond donors (Lipinski definition) is 1. The fourth-order valence-electron chi connectivity index (χ4n) is 2.46. The first-order valence-electron chi connectivity index (χ1n) is 9.14. The number of quaternary nitrogens is 1. The van der Waals surface area contributed by atoms with Crippen LogP contribution in [0.3, 0.4) is 0 Å². The average molecular weight is 336 g/mol. The molecule has 24 heavy (non-hydrogen) atoms. The number of carbonyl (C=O) groups is 1. The molecule has 1 aromatic carbocycles. The summed E-state index contributed by atoms with van der Waals surface area (Å²) in [7, 11) is 0. The van der Waals surface area contributed by atoms with Crippen molar-refractivity contribution in [2.45, 2.75) is 47.6 Å². The summed E-state index contributed by atoms with van der Waals surface area (Å²) in [4.78, 5) is 13.8. The Morgan fingerprint density at radius 1 is 1.04 bits per heavy atom. The van der Waals surface area contributed by atoms with Crippen LogP contribution < -0.4 is 9.64 Å². The Kier molecular flexibility index (Phi) is 8.83. The van der Waals surface area contributed by atoms with Gasteiger partial charge in [0.25, 0.3) is 0 Å². The molecule has 0 fully saturated rings. The second kappa shape index (κ2) is 10.3. The van der Waals surface area contributed by atoms with E-state index < -0.39 is 0 Å². The van der Waals surface area contributed by atoms with E-state index >= 15 is 0 Å². The number of esters is 1. The van der Waals surface area contributed by atoms with Crippen molar-refractivity contribution in [3.05, 3.63) is 29.8 Å². The van der Waals surface area contributed by atoms with Crippen LogP contribution in [0.15, 0.2) is 24.3 Å². The van der Waals surface area contributed by atoms with E-state index in [9.17, 15) is 4.79 Å². The van der Waals surface area contributed by atoms with Crippen LogP contribution in [-0.2, 0) is 4.74 Å². The molecule has 0 amide bonds. The minimum Gasteiger partial charge on any atom is -0.493 e. The van der Waals surface area contributed by atoms with E-state index in [0.29, 0.717) is 24.0 Å². The smallest absolute Gasteiger partial charge is 0.338 e. The summed E-state index contributed by atoms with van der Waals surface area (Å²) >= 11 is 0. The number of benzene rings is 1. The summed E-state index contributed by atoms with van der Waals surface area (Å²) < 4.78 is 11.3. The highest BCUT2D eigenvalue weighted by atomic mass is 16.5. The zero-order valence-corrected chi connectivity index (χ0v) is 16.1. The second-order valence-corrected chi connectivity index (χ2v) is 6.98. The van der Waals surface area contributed by atoms with E-state index in [-0.39, 0.29) is 12.1 Å². The Balaban J connectivity index is 2.54. The predicted molar refractivity (Wildman–Crippen MR) is 97.7 cm³/mol. The summed E-state index contributed by atoms with van der Waals surface area (Å²) in [6.07, 6.45) is -0.0949. The van der Waals surface area contributed by atoms with Gasteiger partial charge in [0.15, 0.2) is 0 Å². The molecular formula is C20H34NO3+. The summed E-state index contributed by atoms with van der Waals surface area (Å²) in [5.41, 5.74) is 0.570. The molecule has 0 spiro atoms. The maximum Gasteiger partial charge on any atom is 0.338 e. The molecule has 4 nitrogen and oxygen atoms in total. The SMILES string of the molecule is CC[NH+](CC)C[C@@H](C)[C@@H](C)OC(=O)c1ccc(OCC(C)C)cc1. The Morgan fingerprint density at radius 2 is 1.62 bits per heavy atom. The van der Waals surface area contributed by atoms with Crippen LogP contribution in [0.5, 0.6) is 5.75 Å². The largest absolute Gasteiger partial charge is 0.493 e. The molecule has 0 aliphatic carbocycles. The van der Waals surface area contributed by atoms with E-state index in [1.165, 1.54) is 4.90 Å². The quantitative estimate of drug-likeness (QED) is 0.668. The standard InChI is InChI=1S/C20H33NO3/c1-7-21(8-2)13-16(5)17(6)24-20(22)18-9-11-19(12-10-18)23-14-15(3)4/h9-12,15-17H,7-8,13-14H2,1-6H3/p+1/t16-,17-/m1/s1. The Morgan fingerprint density at radius 3 is 2.12 bits per heavy atom. The number of nitrogens with one attached hydrogen (secondary N) is 1. The lowest BCUT2D eigenvalue weighted by atomic mass is 10.1. The van der Waals surface area contributed by atoms with Crippen LogP contribution >= 0.6 is 0 Å². The number of ether oxygens (including phenoxy) is 2. The molecule has 0 heterocycles. The fourth-order valence-corrected chi connectivity index (χ4v) is 2.46. The van der Waals surface area contributed by atoms with Crippen molar-refractivity contribution in [1.29, 1.82) is 0 Å². The molecule has 0 aliphatic rings. The highest BCUT2D eigenvalue weighted by Gasteiger charge is 2.21. The third-order valence-electron chi connectivity index (χ3n) is 4.38. The van der Waals surface area contributed by atoms with Gasteiger partial charge in [-0.2, -0.15) is 0 Å². The summed E-state index contributed by atoms with van der Waals surface area (Å²) in [5.74, 6) is 1.33.